The molecule has 32 heavy (non-hydrogen) atoms. The van der Waals surface area contributed by atoms with Gasteiger partial charge in [-0.2, -0.15) is 23.5 Å². The molecule has 12 heteroatoms. The second kappa shape index (κ2) is 8.03. The van der Waals surface area contributed by atoms with E-state index < -0.39 is 24.7 Å². The van der Waals surface area contributed by atoms with Crippen molar-refractivity contribution >= 4 is 28.5 Å². The number of fused-ring (bicyclic) bond motifs is 2. The first-order valence-electron chi connectivity index (χ1n) is 9.02. The number of carbonyl (C=O) groups is 2. The number of nitrogens with zero attached hydrogens (tertiary/aromatic N) is 4. The molecule has 3 aromatic heterocycles. The lowest BCUT2D eigenvalue weighted by molar-refractivity contribution is -0.161. The summed E-state index contributed by atoms with van der Waals surface area (Å²) < 4.78 is 48.4. The monoisotopic (exact) mass is 443 g/mol. The Labute approximate surface area is 177 Å². The molecule has 9 nitrogen and oxygen atoms in total. The minimum Gasteiger partial charge on any atom is -0.458 e. The maximum absolute atomic E-state index is 12.5. The lowest BCUT2D eigenvalue weighted by atomic mass is 10.1. The Morgan fingerprint density at radius 2 is 2.06 bits per heavy atom. The second-order valence-corrected chi connectivity index (χ2v) is 6.59. The van der Waals surface area contributed by atoms with Crippen LogP contribution in [0.2, 0.25) is 0 Å². The number of amides is 1. The third-order valence-corrected chi connectivity index (χ3v) is 4.33. The molecule has 0 unspecified atom stereocenters. The molecule has 0 radical (unpaired) electrons. The Balaban J connectivity index is 1.57. The first-order valence-corrected chi connectivity index (χ1v) is 9.02. The lowest BCUT2D eigenvalue weighted by Gasteiger charge is -2.08. The number of carbonyl (C=O) groups excluding carboxylic acids is 2. The lowest BCUT2D eigenvalue weighted by Crippen LogP contribution is -2.22. The zero-order valence-corrected chi connectivity index (χ0v) is 16.0. The van der Waals surface area contributed by atoms with Crippen LogP contribution in [0.3, 0.4) is 0 Å². The number of hydrogen-bond acceptors (Lipinski definition) is 7. The summed E-state index contributed by atoms with van der Waals surface area (Å²) in [5.41, 5.74) is 0.226. The SMILES string of the molecule is N#Cc1cc(C(=O)OCC(F)(F)F)c2oc(CNC(=O)c3cnn4cccnc34)cc2c1. The molecule has 4 rings (SSSR count). The summed E-state index contributed by atoms with van der Waals surface area (Å²) >= 11 is 0. The van der Waals surface area contributed by atoms with Gasteiger partial charge >= 0.3 is 12.1 Å². The van der Waals surface area contributed by atoms with Crippen molar-refractivity contribution < 1.29 is 31.9 Å². The zero-order valence-electron chi connectivity index (χ0n) is 16.0. The minimum absolute atomic E-state index is 0.0327. The molecule has 0 atom stereocenters. The van der Waals surface area contributed by atoms with Crippen molar-refractivity contribution in [3.05, 3.63) is 65.3 Å². The molecule has 0 aliphatic heterocycles. The van der Waals surface area contributed by atoms with Gasteiger partial charge in [0.25, 0.3) is 5.91 Å². The van der Waals surface area contributed by atoms with Gasteiger partial charge in [0.2, 0.25) is 0 Å². The van der Waals surface area contributed by atoms with Gasteiger partial charge in [-0.25, -0.2) is 14.3 Å². The van der Waals surface area contributed by atoms with Crippen LogP contribution in [0.15, 0.2) is 47.3 Å². The first-order chi connectivity index (χ1) is 15.2. The molecule has 0 bridgehead atoms. The van der Waals surface area contributed by atoms with Gasteiger partial charge < -0.3 is 14.5 Å². The maximum Gasteiger partial charge on any atom is 0.422 e. The average molecular weight is 443 g/mol. The Morgan fingerprint density at radius 3 is 2.81 bits per heavy atom. The van der Waals surface area contributed by atoms with Gasteiger partial charge in [-0.05, 0) is 24.3 Å². The standard InChI is InChI=1S/C20H12F3N5O4/c21-20(22,23)10-31-19(30)14-5-11(7-24)4-12-6-13(32-16(12)14)8-26-18(29)15-9-27-28-3-1-2-25-17(15)28/h1-6,9H,8,10H2,(H,26,29). The molecule has 0 saturated carbocycles. The number of furan rings is 1. The molecule has 0 spiro atoms. The second-order valence-electron chi connectivity index (χ2n) is 6.59. The summed E-state index contributed by atoms with van der Waals surface area (Å²) in [6.45, 7) is -1.88. The number of benzene rings is 1. The van der Waals surface area contributed by atoms with Crippen molar-refractivity contribution in [3.63, 3.8) is 0 Å². The quantitative estimate of drug-likeness (QED) is 0.471. The van der Waals surface area contributed by atoms with Gasteiger partial charge in [-0.1, -0.05) is 0 Å². The van der Waals surface area contributed by atoms with Gasteiger partial charge in [-0.3, -0.25) is 4.79 Å². The molecule has 1 N–H and O–H groups in total. The summed E-state index contributed by atoms with van der Waals surface area (Å²) in [7, 11) is 0. The Hall–Kier alpha value is -4.40. The molecule has 3 heterocycles. The third-order valence-electron chi connectivity index (χ3n) is 4.33. The molecule has 0 aliphatic rings. The minimum atomic E-state index is -4.70. The average Bonchev–Trinajstić information content (AvgIpc) is 3.38. The predicted molar refractivity (Wildman–Crippen MR) is 101 cm³/mol. The molecule has 0 saturated heterocycles. The highest BCUT2D eigenvalue weighted by Crippen LogP contribution is 2.27. The molecule has 0 fully saturated rings. The van der Waals surface area contributed by atoms with Crippen LogP contribution < -0.4 is 5.32 Å². The number of nitriles is 1. The Kier molecular flexibility index (Phi) is 5.23. The van der Waals surface area contributed by atoms with Crippen LogP contribution in [-0.4, -0.2) is 39.3 Å². The zero-order chi connectivity index (χ0) is 22.9. The molecule has 0 aliphatic carbocycles. The van der Waals surface area contributed by atoms with Crippen LogP contribution in [0.25, 0.3) is 16.6 Å². The molecule has 4 aromatic rings. The fourth-order valence-electron chi connectivity index (χ4n) is 2.98. The Morgan fingerprint density at radius 1 is 1.25 bits per heavy atom. The fraction of sp³-hybridized carbons (Fsp3) is 0.150. The van der Waals surface area contributed by atoms with Crippen molar-refractivity contribution in [2.75, 3.05) is 6.61 Å². The highest BCUT2D eigenvalue weighted by Gasteiger charge is 2.30. The number of alkyl halides is 3. The van der Waals surface area contributed by atoms with Gasteiger partial charge in [0.15, 0.2) is 12.3 Å². The van der Waals surface area contributed by atoms with Crippen LogP contribution in [-0.2, 0) is 11.3 Å². The van der Waals surface area contributed by atoms with Gasteiger partial charge in [0.1, 0.15) is 22.5 Å². The van der Waals surface area contributed by atoms with Crippen molar-refractivity contribution in [1.82, 2.24) is 19.9 Å². The van der Waals surface area contributed by atoms with Crippen LogP contribution >= 0.6 is 0 Å². The molecule has 1 aromatic carbocycles. The van der Waals surface area contributed by atoms with E-state index in [9.17, 15) is 22.8 Å². The van der Waals surface area contributed by atoms with E-state index in [1.165, 1.54) is 29.0 Å². The smallest absolute Gasteiger partial charge is 0.422 e. The largest absolute Gasteiger partial charge is 0.458 e. The van der Waals surface area contributed by atoms with Crippen molar-refractivity contribution in [2.24, 2.45) is 0 Å². The molecule has 1 amide bonds. The first kappa shape index (κ1) is 20.9. The van der Waals surface area contributed by atoms with E-state index in [0.717, 1.165) is 6.07 Å². The summed E-state index contributed by atoms with van der Waals surface area (Å²) in [5, 5.41) is 16.1. The number of hydrogen-bond donors (Lipinski definition) is 1. The van der Waals surface area contributed by atoms with Crippen LogP contribution in [0.4, 0.5) is 13.2 Å². The highest BCUT2D eigenvalue weighted by molar-refractivity contribution is 6.03. The summed E-state index contributed by atoms with van der Waals surface area (Å²) in [6.07, 6.45) is -0.207. The van der Waals surface area contributed by atoms with Crippen molar-refractivity contribution in [1.29, 1.82) is 5.26 Å². The number of aromatic nitrogens is 3. The third kappa shape index (κ3) is 4.22. The predicted octanol–water partition coefficient (Wildman–Crippen LogP) is 3.00. The fourth-order valence-corrected chi connectivity index (χ4v) is 2.98. The van der Waals surface area contributed by atoms with Crippen molar-refractivity contribution in [3.8, 4) is 6.07 Å². The van der Waals surface area contributed by atoms with Gasteiger partial charge in [0.05, 0.1) is 24.4 Å². The van der Waals surface area contributed by atoms with Crippen LogP contribution in [0.1, 0.15) is 32.0 Å². The number of esters is 1. The molecular formula is C20H12F3N5O4. The number of ether oxygens (including phenoxy) is 1. The highest BCUT2D eigenvalue weighted by atomic mass is 19.4. The van der Waals surface area contributed by atoms with E-state index in [1.807, 2.05) is 6.07 Å². The van der Waals surface area contributed by atoms with E-state index in [0.29, 0.717) is 11.0 Å². The topological polar surface area (TPSA) is 123 Å². The summed E-state index contributed by atoms with van der Waals surface area (Å²) in [4.78, 5) is 28.7. The van der Waals surface area contributed by atoms with E-state index >= 15 is 0 Å². The van der Waals surface area contributed by atoms with E-state index in [1.54, 1.807) is 12.3 Å². The summed E-state index contributed by atoms with van der Waals surface area (Å²) in [6, 6.07) is 7.43. The number of halogens is 3. The summed E-state index contributed by atoms with van der Waals surface area (Å²) in [5.74, 6) is -1.56. The Bertz CT molecular complexity index is 1380. The van der Waals surface area contributed by atoms with Crippen LogP contribution in [0.5, 0.6) is 0 Å². The maximum atomic E-state index is 12.5. The van der Waals surface area contributed by atoms with Gasteiger partial charge in [0, 0.05) is 17.8 Å². The van der Waals surface area contributed by atoms with E-state index in [4.69, 9.17) is 9.68 Å². The van der Waals surface area contributed by atoms with Crippen molar-refractivity contribution in [2.45, 2.75) is 12.7 Å². The van der Waals surface area contributed by atoms with Gasteiger partial charge in [-0.15, -0.1) is 0 Å². The molecular weight excluding hydrogens is 431 g/mol. The number of rotatable bonds is 5. The van der Waals surface area contributed by atoms with E-state index in [2.05, 4.69) is 20.1 Å². The number of nitrogens with one attached hydrogen (secondary N) is 1. The normalized spacial score (nSPS) is 11.4. The van der Waals surface area contributed by atoms with Crippen LogP contribution in [0, 0.1) is 11.3 Å². The van der Waals surface area contributed by atoms with E-state index in [-0.39, 0.29) is 34.6 Å². The molecule has 162 valence electrons.